The third kappa shape index (κ3) is 6.64. The molecule has 188 valence electrons. The zero-order valence-corrected chi connectivity index (χ0v) is 21.8. The average molecular weight is 533 g/mol. The van der Waals surface area contributed by atoms with Crippen molar-refractivity contribution in [2.75, 3.05) is 24.9 Å². The first kappa shape index (κ1) is 26.1. The zero-order valence-electron chi connectivity index (χ0n) is 20.2. The van der Waals surface area contributed by atoms with E-state index in [1.165, 1.54) is 26.0 Å². The van der Waals surface area contributed by atoms with E-state index < -0.39 is 5.25 Å². The molecular weight excluding hydrogens is 508 g/mol. The summed E-state index contributed by atoms with van der Waals surface area (Å²) < 4.78 is 10.5. The number of rotatable bonds is 9. The van der Waals surface area contributed by atoms with Crippen LogP contribution < -0.4 is 20.1 Å². The predicted octanol–water partition coefficient (Wildman–Crippen LogP) is 7.08. The van der Waals surface area contributed by atoms with Gasteiger partial charge in [0, 0.05) is 16.1 Å². The quantitative estimate of drug-likeness (QED) is 0.225. The van der Waals surface area contributed by atoms with E-state index in [2.05, 4.69) is 10.6 Å². The minimum absolute atomic E-state index is 0.205. The Balaban J connectivity index is 1.54. The third-order valence-corrected chi connectivity index (χ3v) is 7.04. The minimum Gasteiger partial charge on any atom is -0.493 e. The molecule has 0 aromatic heterocycles. The van der Waals surface area contributed by atoms with Gasteiger partial charge in [-0.05, 0) is 54.1 Å². The summed E-state index contributed by atoms with van der Waals surface area (Å²) in [6, 6.07) is 29.0. The molecule has 0 aliphatic rings. The van der Waals surface area contributed by atoms with Crippen LogP contribution in [0, 0.1) is 0 Å². The van der Waals surface area contributed by atoms with Crippen LogP contribution in [-0.2, 0) is 4.79 Å². The molecule has 6 nitrogen and oxygen atoms in total. The van der Waals surface area contributed by atoms with E-state index in [-0.39, 0.29) is 11.8 Å². The lowest BCUT2D eigenvalue weighted by Crippen LogP contribution is -2.19. The van der Waals surface area contributed by atoms with Crippen molar-refractivity contribution in [2.24, 2.45) is 0 Å². The smallest absolute Gasteiger partial charge is 0.255 e. The van der Waals surface area contributed by atoms with Crippen LogP contribution in [0.4, 0.5) is 11.4 Å². The Labute approximate surface area is 225 Å². The number of thioether (sulfide) groups is 1. The highest BCUT2D eigenvalue weighted by atomic mass is 35.5. The molecule has 2 amide bonds. The maximum atomic E-state index is 13.3. The second-order valence-electron chi connectivity index (χ2n) is 7.93. The highest BCUT2D eigenvalue weighted by molar-refractivity contribution is 8.00. The summed E-state index contributed by atoms with van der Waals surface area (Å²) in [4.78, 5) is 27.1. The molecule has 0 aliphatic carbocycles. The predicted molar refractivity (Wildman–Crippen MR) is 149 cm³/mol. The Bertz CT molecular complexity index is 1400. The number of anilines is 2. The number of amides is 2. The highest BCUT2D eigenvalue weighted by Crippen LogP contribution is 2.38. The lowest BCUT2D eigenvalue weighted by atomic mass is 10.1. The van der Waals surface area contributed by atoms with Gasteiger partial charge in [-0.2, -0.15) is 0 Å². The molecule has 1 unspecified atom stereocenters. The van der Waals surface area contributed by atoms with Crippen LogP contribution in [-0.4, -0.2) is 26.0 Å². The molecule has 4 aromatic carbocycles. The maximum Gasteiger partial charge on any atom is 0.255 e. The van der Waals surface area contributed by atoms with E-state index >= 15 is 0 Å². The Morgan fingerprint density at radius 2 is 1.51 bits per heavy atom. The number of nitrogens with one attached hydrogen (secondary N) is 2. The molecule has 0 saturated heterocycles. The monoisotopic (exact) mass is 532 g/mol. The van der Waals surface area contributed by atoms with Crippen molar-refractivity contribution < 1.29 is 19.1 Å². The lowest BCUT2D eigenvalue weighted by molar-refractivity contribution is -0.115. The molecule has 4 aromatic rings. The van der Waals surface area contributed by atoms with Gasteiger partial charge >= 0.3 is 0 Å². The SMILES string of the molecule is COc1ccc(C(=O)Nc2cccc(SC(C(=O)Nc3ccccc3Cl)c3ccccc3)c2)cc1OC. The van der Waals surface area contributed by atoms with Crippen LogP contribution in [0.1, 0.15) is 21.2 Å². The number of methoxy groups -OCH3 is 2. The van der Waals surface area contributed by atoms with Gasteiger partial charge < -0.3 is 20.1 Å². The molecule has 0 spiro atoms. The number of benzene rings is 4. The number of carbonyl (C=O) groups excluding carboxylic acids is 2. The summed E-state index contributed by atoms with van der Waals surface area (Å²) in [6.45, 7) is 0. The fraction of sp³-hybridized carbons (Fsp3) is 0.103. The first-order valence-corrected chi connectivity index (χ1v) is 12.6. The molecule has 0 fully saturated rings. The summed E-state index contributed by atoms with van der Waals surface area (Å²) in [7, 11) is 3.06. The standard InChI is InChI=1S/C29H25ClN2O4S/c1-35-25-16-15-20(17-26(25)36-2)28(33)31-21-11-8-12-22(18-21)37-27(19-9-4-3-5-10-19)29(34)32-24-14-7-6-13-23(24)30/h3-18,27H,1-2H3,(H,31,33)(H,32,34). The van der Waals surface area contributed by atoms with Crippen LogP contribution >= 0.6 is 23.4 Å². The summed E-state index contributed by atoms with van der Waals surface area (Å²) in [5, 5.41) is 5.76. The van der Waals surface area contributed by atoms with Gasteiger partial charge in [-0.3, -0.25) is 9.59 Å². The lowest BCUT2D eigenvalue weighted by Gasteiger charge is -2.18. The number of halogens is 1. The summed E-state index contributed by atoms with van der Waals surface area (Å²) >= 11 is 7.64. The van der Waals surface area contributed by atoms with E-state index in [0.717, 1.165) is 10.5 Å². The van der Waals surface area contributed by atoms with Crippen molar-refractivity contribution in [1.82, 2.24) is 0 Å². The van der Waals surface area contributed by atoms with Crippen LogP contribution in [0.25, 0.3) is 0 Å². The second kappa shape index (κ2) is 12.3. The largest absolute Gasteiger partial charge is 0.493 e. The van der Waals surface area contributed by atoms with Gasteiger partial charge in [0.1, 0.15) is 5.25 Å². The zero-order chi connectivity index (χ0) is 26.2. The van der Waals surface area contributed by atoms with Crippen LogP contribution in [0.3, 0.4) is 0 Å². The van der Waals surface area contributed by atoms with Crippen molar-refractivity contribution in [2.45, 2.75) is 10.1 Å². The van der Waals surface area contributed by atoms with Crippen LogP contribution in [0.2, 0.25) is 5.02 Å². The molecule has 0 saturated carbocycles. The molecule has 0 radical (unpaired) electrons. The van der Waals surface area contributed by atoms with Crippen molar-refractivity contribution in [3.05, 3.63) is 113 Å². The fourth-order valence-corrected chi connectivity index (χ4v) is 4.89. The Morgan fingerprint density at radius 1 is 0.784 bits per heavy atom. The molecule has 2 N–H and O–H groups in total. The Hall–Kier alpha value is -3.94. The van der Waals surface area contributed by atoms with Crippen molar-refractivity contribution in [3.63, 3.8) is 0 Å². The number of carbonyl (C=O) groups is 2. The normalized spacial score (nSPS) is 11.3. The molecule has 8 heteroatoms. The molecule has 0 bridgehead atoms. The van der Waals surface area contributed by atoms with E-state index in [4.69, 9.17) is 21.1 Å². The maximum absolute atomic E-state index is 13.3. The topological polar surface area (TPSA) is 76.7 Å². The fourth-order valence-electron chi connectivity index (χ4n) is 3.63. The van der Waals surface area contributed by atoms with Gasteiger partial charge in [-0.15, -0.1) is 11.8 Å². The van der Waals surface area contributed by atoms with Gasteiger partial charge in [0.25, 0.3) is 5.91 Å². The first-order chi connectivity index (χ1) is 18.0. The van der Waals surface area contributed by atoms with Crippen molar-refractivity contribution in [1.29, 1.82) is 0 Å². The van der Waals surface area contributed by atoms with Crippen molar-refractivity contribution >= 4 is 46.6 Å². The second-order valence-corrected chi connectivity index (χ2v) is 9.52. The Morgan fingerprint density at radius 3 is 2.24 bits per heavy atom. The molecule has 4 rings (SSSR count). The molecule has 1 atom stereocenters. The highest BCUT2D eigenvalue weighted by Gasteiger charge is 2.23. The van der Waals surface area contributed by atoms with Gasteiger partial charge in [-0.1, -0.05) is 60.1 Å². The Kier molecular flexibility index (Phi) is 8.72. The molecule has 0 aliphatic heterocycles. The summed E-state index contributed by atoms with van der Waals surface area (Å²) in [6.07, 6.45) is 0. The number of para-hydroxylation sites is 1. The van der Waals surface area contributed by atoms with E-state index in [9.17, 15) is 9.59 Å². The summed E-state index contributed by atoms with van der Waals surface area (Å²) in [5.41, 5.74) is 2.42. The van der Waals surface area contributed by atoms with Crippen LogP contribution in [0.15, 0.2) is 102 Å². The molecule has 0 heterocycles. The van der Waals surface area contributed by atoms with Crippen LogP contribution in [0.5, 0.6) is 11.5 Å². The van der Waals surface area contributed by atoms with Gasteiger partial charge in [0.2, 0.25) is 5.91 Å². The average Bonchev–Trinajstić information content (AvgIpc) is 2.93. The van der Waals surface area contributed by atoms with E-state index in [1.54, 1.807) is 36.4 Å². The molecule has 37 heavy (non-hydrogen) atoms. The number of hydrogen-bond donors (Lipinski definition) is 2. The van der Waals surface area contributed by atoms with Gasteiger partial charge in [0.05, 0.1) is 24.9 Å². The third-order valence-electron chi connectivity index (χ3n) is 5.46. The van der Waals surface area contributed by atoms with Gasteiger partial charge in [0.15, 0.2) is 11.5 Å². The first-order valence-electron chi connectivity index (χ1n) is 11.4. The molecular formula is C29H25ClN2O4S. The number of hydrogen-bond acceptors (Lipinski definition) is 5. The summed E-state index contributed by atoms with van der Waals surface area (Å²) in [5.74, 6) is 0.511. The minimum atomic E-state index is -0.547. The number of ether oxygens (including phenoxy) is 2. The van der Waals surface area contributed by atoms with E-state index in [0.29, 0.717) is 33.5 Å². The van der Waals surface area contributed by atoms with E-state index in [1.807, 2.05) is 60.7 Å². The van der Waals surface area contributed by atoms with Crippen molar-refractivity contribution in [3.8, 4) is 11.5 Å². The van der Waals surface area contributed by atoms with Gasteiger partial charge in [-0.25, -0.2) is 0 Å².